The first-order chi connectivity index (χ1) is 9.13. The van der Waals surface area contributed by atoms with Crippen molar-refractivity contribution in [3.63, 3.8) is 0 Å². The van der Waals surface area contributed by atoms with Gasteiger partial charge in [0, 0.05) is 18.5 Å². The molecule has 0 aliphatic heterocycles. The molecule has 0 unspecified atom stereocenters. The number of aromatic nitrogens is 1. The third-order valence-corrected chi connectivity index (χ3v) is 4.38. The Labute approximate surface area is 123 Å². The molecule has 112 valence electrons. The molecule has 0 saturated carbocycles. The second-order valence-electron chi connectivity index (χ2n) is 3.41. The van der Waals surface area contributed by atoms with Crippen LogP contribution in [0.15, 0.2) is 23.2 Å². The number of halogens is 3. The molecule has 0 saturated heterocycles. The SMILES string of the molecule is NC(=S)c1ncccc1S(=O)(=O)NCCSC(F)(F)F. The summed E-state index contributed by atoms with van der Waals surface area (Å²) in [6, 6.07) is 2.58. The van der Waals surface area contributed by atoms with Crippen LogP contribution in [0.1, 0.15) is 5.69 Å². The van der Waals surface area contributed by atoms with Crippen molar-refractivity contribution in [3.8, 4) is 0 Å². The highest BCUT2D eigenvalue weighted by atomic mass is 32.2. The van der Waals surface area contributed by atoms with Gasteiger partial charge in [-0.1, -0.05) is 12.2 Å². The molecule has 0 spiro atoms. The first-order valence-electron chi connectivity index (χ1n) is 5.08. The summed E-state index contributed by atoms with van der Waals surface area (Å²) in [6.45, 7) is -0.377. The van der Waals surface area contributed by atoms with E-state index in [9.17, 15) is 21.6 Å². The Morgan fingerprint density at radius 3 is 2.70 bits per heavy atom. The predicted molar refractivity (Wildman–Crippen MR) is 73.8 cm³/mol. The number of thioether (sulfide) groups is 1. The van der Waals surface area contributed by atoms with E-state index >= 15 is 0 Å². The van der Waals surface area contributed by atoms with Gasteiger partial charge in [-0.05, 0) is 23.9 Å². The fraction of sp³-hybridized carbons (Fsp3) is 0.333. The van der Waals surface area contributed by atoms with E-state index in [1.807, 2.05) is 4.72 Å². The lowest BCUT2D eigenvalue weighted by molar-refractivity contribution is -0.0327. The lowest BCUT2D eigenvalue weighted by atomic mass is 10.3. The average Bonchev–Trinajstić information content (AvgIpc) is 2.33. The predicted octanol–water partition coefficient (Wildman–Crippen LogP) is 1.25. The summed E-state index contributed by atoms with van der Waals surface area (Å²) in [5.74, 6) is -0.439. The van der Waals surface area contributed by atoms with Crippen molar-refractivity contribution in [2.24, 2.45) is 5.73 Å². The molecule has 1 rings (SSSR count). The van der Waals surface area contributed by atoms with Gasteiger partial charge in [-0.2, -0.15) is 13.2 Å². The number of hydrogen-bond donors (Lipinski definition) is 2. The molecular formula is C9H10F3N3O2S3. The molecule has 3 N–H and O–H groups in total. The van der Waals surface area contributed by atoms with Crippen molar-refractivity contribution in [1.82, 2.24) is 9.71 Å². The number of nitrogens with zero attached hydrogens (tertiary/aromatic N) is 1. The summed E-state index contributed by atoms with van der Waals surface area (Å²) < 4.78 is 61.6. The van der Waals surface area contributed by atoms with Crippen LogP contribution in [0.25, 0.3) is 0 Å². The lowest BCUT2D eigenvalue weighted by Crippen LogP contribution is -2.29. The number of alkyl halides is 3. The van der Waals surface area contributed by atoms with Crippen molar-refractivity contribution in [2.45, 2.75) is 10.4 Å². The van der Waals surface area contributed by atoms with Crippen molar-refractivity contribution in [3.05, 3.63) is 24.0 Å². The maximum absolute atomic E-state index is 11.9. The summed E-state index contributed by atoms with van der Waals surface area (Å²) in [5.41, 5.74) is 0.849. The zero-order chi connectivity index (χ0) is 15.4. The molecule has 20 heavy (non-hydrogen) atoms. The Bertz CT molecular complexity index is 590. The summed E-state index contributed by atoms with van der Waals surface area (Å²) in [5, 5.41) is 0. The maximum Gasteiger partial charge on any atom is 0.441 e. The first kappa shape index (κ1) is 17.1. The van der Waals surface area contributed by atoms with E-state index in [0.29, 0.717) is 0 Å². The van der Waals surface area contributed by atoms with Gasteiger partial charge in [0.05, 0.1) is 0 Å². The Morgan fingerprint density at radius 2 is 2.15 bits per heavy atom. The largest absolute Gasteiger partial charge is 0.441 e. The highest BCUT2D eigenvalue weighted by molar-refractivity contribution is 8.00. The van der Waals surface area contributed by atoms with Gasteiger partial charge in [0.1, 0.15) is 15.6 Å². The van der Waals surface area contributed by atoms with Crippen molar-refractivity contribution in [1.29, 1.82) is 0 Å². The van der Waals surface area contributed by atoms with Crippen LogP contribution in [0, 0.1) is 0 Å². The van der Waals surface area contributed by atoms with Crippen molar-refractivity contribution < 1.29 is 21.6 Å². The third kappa shape index (κ3) is 5.23. The number of sulfonamides is 1. The van der Waals surface area contributed by atoms with E-state index in [0.717, 1.165) is 0 Å². The Balaban J connectivity index is 2.78. The molecule has 1 heterocycles. The van der Waals surface area contributed by atoms with Gasteiger partial charge in [0.15, 0.2) is 0 Å². The van der Waals surface area contributed by atoms with Gasteiger partial charge in [0.25, 0.3) is 0 Å². The zero-order valence-electron chi connectivity index (χ0n) is 9.85. The first-order valence-corrected chi connectivity index (χ1v) is 7.96. The van der Waals surface area contributed by atoms with E-state index in [1.54, 1.807) is 0 Å². The van der Waals surface area contributed by atoms with Crippen LogP contribution >= 0.6 is 24.0 Å². The molecule has 0 atom stereocenters. The minimum absolute atomic E-state index is 0.0986. The molecule has 0 aromatic carbocycles. The molecule has 1 aromatic heterocycles. The van der Waals surface area contributed by atoms with Crippen LogP contribution in [-0.2, 0) is 10.0 Å². The number of pyridine rings is 1. The van der Waals surface area contributed by atoms with E-state index in [2.05, 4.69) is 17.2 Å². The highest BCUT2D eigenvalue weighted by Crippen LogP contribution is 2.29. The molecule has 11 heteroatoms. The quantitative estimate of drug-likeness (QED) is 0.596. The molecule has 1 aromatic rings. The highest BCUT2D eigenvalue weighted by Gasteiger charge is 2.28. The number of hydrogen-bond acceptors (Lipinski definition) is 5. The Morgan fingerprint density at radius 1 is 1.50 bits per heavy atom. The second kappa shape index (κ2) is 6.70. The summed E-state index contributed by atoms with van der Waals surface area (Å²) in [7, 11) is -4.01. The Hall–Kier alpha value is -0.910. The molecule has 0 aliphatic rings. The minimum atomic E-state index is -4.40. The maximum atomic E-state index is 11.9. The van der Waals surface area contributed by atoms with E-state index < -0.39 is 21.3 Å². The van der Waals surface area contributed by atoms with Crippen LogP contribution in [-0.4, -0.2) is 36.2 Å². The topological polar surface area (TPSA) is 85.1 Å². The van der Waals surface area contributed by atoms with Crippen LogP contribution < -0.4 is 10.5 Å². The molecule has 0 aliphatic carbocycles. The molecule has 0 bridgehead atoms. The molecular weight excluding hydrogens is 335 g/mol. The lowest BCUT2D eigenvalue weighted by Gasteiger charge is -2.10. The Kier molecular flexibility index (Phi) is 5.74. The average molecular weight is 345 g/mol. The normalized spacial score (nSPS) is 12.3. The second-order valence-corrected chi connectivity index (χ2v) is 6.74. The van der Waals surface area contributed by atoms with Crippen LogP contribution in [0.3, 0.4) is 0 Å². The molecule has 5 nitrogen and oxygen atoms in total. The van der Waals surface area contributed by atoms with Crippen LogP contribution in [0.4, 0.5) is 13.2 Å². The number of rotatable bonds is 6. The van der Waals surface area contributed by atoms with E-state index in [1.165, 1.54) is 18.3 Å². The van der Waals surface area contributed by atoms with E-state index in [-0.39, 0.29) is 33.9 Å². The van der Waals surface area contributed by atoms with Crippen LogP contribution in [0.5, 0.6) is 0 Å². The standard InChI is InChI=1S/C9H10F3N3O2S3/c10-9(11,12)19-5-4-15-20(16,17)6-2-1-3-14-7(6)8(13)18/h1-3,15H,4-5H2,(H2,13,18). The molecule has 0 amide bonds. The number of nitrogens with two attached hydrogens (primary N) is 1. The monoisotopic (exact) mass is 345 g/mol. The van der Waals surface area contributed by atoms with Crippen LogP contribution in [0.2, 0.25) is 0 Å². The van der Waals surface area contributed by atoms with Crippen molar-refractivity contribution in [2.75, 3.05) is 12.3 Å². The molecule has 0 fully saturated rings. The van der Waals surface area contributed by atoms with Gasteiger partial charge in [-0.25, -0.2) is 13.1 Å². The van der Waals surface area contributed by atoms with Gasteiger partial charge in [-0.3, -0.25) is 4.98 Å². The fourth-order valence-corrected chi connectivity index (χ4v) is 3.21. The van der Waals surface area contributed by atoms with Gasteiger partial charge in [0.2, 0.25) is 10.0 Å². The fourth-order valence-electron chi connectivity index (χ4n) is 1.21. The van der Waals surface area contributed by atoms with Gasteiger partial charge in [-0.15, -0.1) is 0 Å². The smallest absolute Gasteiger partial charge is 0.388 e. The van der Waals surface area contributed by atoms with Crippen molar-refractivity contribution >= 4 is 39.0 Å². The minimum Gasteiger partial charge on any atom is -0.388 e. The third-order valence-electron chi connectivity index (χ3n) is 1.95. The van der Waals surface area contributed by atoms with Gasteiger partial charge >= 0.3 is 5.51 Å². The van der Waals surface area contributed by atoms with E-state index in [4.69, 9.17) is 5.73 Å². The number of thiocarbonyl (C=S) groups is 1. The van der Waals surface area contributed by atoms with Gasteiger partial charge < -0.3 is 5.73 Å². The summed E-state index contributed by atoms with van der Waals surface area (Å²) in [6.07, 6.45) is 1.31. The zero-order valence-corrected chi connectivity index (χ0v) is 12.3. The summed E-state index contributed by atoms with van der Waals surface area (Å²) >= 11 is 4.36. The number of nitrogens with one attached hydrogen (secondary N) is 1. The molecule has 0 radical (unpaired) electrons. The summed E-state index contributed by atoms with van der Waals surface area (Å²) in [4.78, 5) is 3.27.